The smallest absolute Gasteiger partial charge is 0.411 e. The Kier molecular flexibility index (Phi) is 5.23. The lowest BCUT2D eigenvalue weighted by Gasteiger charge is -2.27. The van der Waals surface area contributed by atoms with Crippen LogP contribution >= 0.6 is 0 Å². The Hall–Kier alpha value is -5.31. The lowest BCUT2D eigenvalue weighted by molar-refractivity contribution is 0.0990. The molecule has 5 aromatic rings. The molecule has 6 rings (SSSR count). The van der Waals surface area contributed by atoms with Crippen molar-refractivity contribution in [1.82, 2.24) is 9.97 Å². The van der Waals surface area contributed by atoms with Gasteiger partial charge in [0.1, 0.15) is 11.5 Å². The molecule has 9 nitrogen and oxygen atoms in total. The number of rotatable bonds is 5. The first-order valence-electron chi connectivity index (χ1n) is 11.5. The summed E-state index contributed by atoms with van der Waals surface area (Å²) in [6.45, 7) is 0. The number of aromatic amines is 1. The van der Waals surface area contributed by atoms with Crippen LogP contribution in [-0.4, -0.2) is 32.2 Å². The summed E-state index contributed by atoms with van der Waals surface area (Å²) in [5, 5.41) is 21.9. The fraction of sp³-hybridized carbons (Fsp3) is 0.0357. The molecule has 0 aliphatic carbocycles. The molecular weight excluding hydrogens is 472 g/mol. The maximum atomic E-state index is 13.8. The van der Waals surface area contributed by atoms with E-state index in [0.717, 1.165) is 5.56 Å². The number of aromatic nitrogens is 2. The lowest BCUT2D eigenvalue weighted by atomic mass is 9.97. The zero-order valence-electron chi connectivity index (χ0n) is 19.3. The second kappa shape index (κ2) is 8.72. The number of ether oxygens (including phenoxy) is 1. The van der Waals surface area contributed by atoms with Crippen molar-refractivity contribution in [2.45, 2.75) is 6.04 Å². The molecule has 2 amide bonds. The van der Waals surface area contributed by atoms with Crippen molar-refractivity contribution in [3.8, 4) is 17.2 Å². The Balaban J connectivity index is 1.50. The summed E-state index contributed by atoms with van der Waals surface area (Å²) in [5.41, 5.74) is 3.28. The standard InChI is InChI=1S/C28H20N4O5/c33-22-11-6-9-18-24(22)26(34)32(21-10-4-5-12-23(21)37-17-7-2-1-3-8-17)25(18)16-13-14-19-20(15-16)30-27(29-19)31-28(35)36/h1-15,25,33H,(H,35,36)(H2,29,30,31). The van der Waals surface area contributed by atoms with E-state index in [4.69, 9.17) is 9.84 Å². The van der Waals surface area contributed by atoms with Gasteiger partial charge in [-0.15, -0.1) is 0 Å². The molecule has 4 N–H and O–H groups in total. The molecule has 2 heterocycles. The molecule has 4 aromatic carbocycles. The molecule has 0 fully saturated rings. The van der Waals surface area contributed by atoms with Crippen LogP contribution in [0.3, 0.4) is 0 Å². The number of benzene rings is 4. The number of carbonyl (C=O) groups excluding carboxylic acids is 1. The van der Waals surface area contributed by atoms with Gasteiger partial charge in [-0.25, -0.2) is 9.78 Å². The number of aromatic hydroxyl groups is 1. The number of phenolic OH excluding ortho intramolecular Hbond substituents is 1. The van der Waals surface area contributed by atoms with Crippen molar-refractivity contribution in [3.63, 3.8) is 0 Å². The van der Waals surface area contributed by atoms with E-state index in [1.54, 1.807) is 35.2 Å². The van der Waals surface area contributed by atoms with Crippen molar-refractivity contribution in [3.05, 3.63) is 108 Å². The Labute approximate surface area is 210 Å². The summed E-state index contributed by atoms with van der Waals surface area (Å²) in [7, 11) is 0. The molecule has 1 aliphatic heterocycles. The number of anilines is 2. The zero-order chi connectivity index (χ0) is 25.5. The van der Waals surface area contributed by atoms with Crippen LogP contribution < -0.4 is 15.0 Å². The Morgan fingerprint density at radius 2 is 1.76 bits per heavy atom. The SMILES string of the molecule is O=C(O)Nc1nc2cc(C3c4cccc(O)c4C(=O)N3c3ccccc3Oc3ccccc3)ccc2[nH]1. The predicted octanol–water partition coefficient (Wildman–Crippen LogP) is 5.90. The molecule has 0 saturated carbocycles. The monoisotopic (exact) mass is 492 g/mol. The van der Waals surface area contributed by atoms with Crippen LogP contribution in [0, 0.1) is 0 Å². The molecule has 9 heteroatoms. The fourth-order valence-corrected chi connectivity index (χ4v) is 4.68. The molecule has 1 aromatic heterocycles. The number of hydrogen-bond acceptors (Lipinski definition) is 5. The number of H-pyrrole nitrogens is 1. The summed E-state index contributed by atoms with van der Waals surface area (Å²) in [4.78, 5) is 33.7. The van der Waals surface area contributed by atoms with Gasteiger partial charge in [0.05, 0.1) is 28.3 Å². The topological polar surface area (TPSA) is 128 Å². The number of fused-ring (bicyclic) bond motifs is 2. The second-order valence-corrected chi connectivity index (χ2v) is 8.49. The minimum Gasteiger partial charge on any atom is -0.507 e. The van der Waals surface area contributed by atoms with Crippen LogP contribution in [0.4, 0.5) is 16.4 Å². The number of phenols is 1. The third-order valence-corrected chi connectivity index (χ3v) is 6.20. The van der Waals surface area contributed by atoms with E-state index in [0.29, 0.717) is 33.8 Å². The van der Waals surface area contributed by atoms with Gasteiger partial charge in [0.2, 0.25) is 5.95 Å². The summed E-state index contributed by atoms with van der Waals surface area (Å²) >= 11 is 0. The number of carboxylic acid groups (broad SMARTS) is 1. The highest BCUT2D eigenvalue weighted by atomic mass is 16.5. The predicted molar refractivity (Wildman–Crippen MR) is 137 cm³/mol. The number of nitrogens with zero attached hydrogens (tertiary/aromatic N) is 2. The highest BCUT2D eigenvalue weighted by Gasteiger charge is 2.41. The van der Waals surface area contributed by atoms with E-state index >= 15 is 0 Å². The lowest BCUT2D eigenvalue weighted by Crippen LogP contribution is -2.28. The van der Waals surface area contributed by atoms with Crippen LogP contribution in [0.2, 0.25) is 0 Å². The van der Waals surface area contributed by atoms with Gasteiger partial charge in [0.15, 0.2) is 5.75 Å². The third kappa shape index (κ3) is 3.88. The minimum absolute atomic E-state index is 0.0960. The average Bonchev–Trinajstić information content (AvgIpc) is 3.42. The molecule has 1 atom stereocenters. The Morgan fingerprint density at radius 1 is 0.973 bits per heavy atom. The quantitative estimate of drug-likeness (QED) is 0.242. The number of imidazole rings is 1. The highest BCUT2D eigenvalue weighted by molar-refractivity contribution is 6.14. The van der Waals surface area contributed by atoms with E-state index in [9.17, 15) is 14.7 Å². The van der Waals surface area contributed by atoms with E-state index in [-0.39, 0.29) is 23.2 Å². The number of para-hydroxylation sites is 3. The summed E-state index contributed by atoms with van der Waals surface area (Å²) < 4.78 is 6.16. The van der Waals surface area contributed by atoms with Crippen molar-refractivity contribution in [2.24, 2.45) is 0 Å². The van der Waals surface area contributed by atoms with Crippen LogP contribution in [0.15, 0.2) is 91.0 Å². The van der Waals surface area contributed by atoms with Gasteiger partial charge in [-0.3, -0.25) is 15.0 Å². The van der Waals surface area contributed by atoms with Gasteiger partial charge in [0.25, 0.3) is 5.91 Å². The zero-order valence-corrected chi connectivity index (χ0v) is 19.3. The maximum Gasteiger partial charge on any atom is 0.411 e. The summed E-state index contributed by atoms with van der Waals surface area (Å²) in [6.07, 6.45) is -1.23. The van der Waals surface area contributed by atoms with E-state index in [1.807, 2.05) is 54.6 Å². The van der Waals surface area contributed by atoms with Gasteiger partial charge in [-0.2, -0.15) is 0 Å². The average molecular weight is 492 g/mol. The number of nitrogens with one attached hydrogen (secondary N) is 2. The highest BCUT2D eigenvalue weighted by Crippen LogP contribution is 2.47. The van der Waals surface area contributed by atoms with Gasteiger partial charge in [-0.05, 0) is 53.6 Å². The Bertz CT molecular complexity index is 1660. The molecule has 1 aliphatic rings. The van der Waals surface area contributed by atoms with Gasteiger partial charge >= 0.3 is 6.09 Å². The van der Waals surface area contributed by atoms with Crippen molar-refractivity contribution >= 4 is 34.7 Å². The Morgan fingerprint density at radius 3 is 2.57 bits per heavy atom. The maximum absolute atomic E-state index is 13.8. The minimum atomic E-state index is -1.23. The molecule has 1 unspecified atom stereocenters. The largest absolute Gasteiger partial charge is 0.507 e. The van der Waals surface area contributed by atoms with Crippen molar-refractivity contribution in [1.29, 1.82) is 0 Å². The van der Waals surface area contributed by atoms with Crippen molar-refractivity contribution in [2.75, 3.05) is 10.2 Å². The second-order valence-electron chi connectivity index (χ2n) is 8.49. The molecule has 0 saturated heterocycles. The van der Waals surface area contributed by atoms with Gasteiger partial charge < -0.3 is 19.9 Å². The van der Waals surface area contributed by atoms with Crippen LogP contribution in [0.25, 0.3) is 11.0 Å². The summed E-state index contributed by atoms with van der Waals surface area (Å²) in [5.74, 6) is 0.726. The number of amides is 2. The van der Waals surface area contributed by atoms with Gasteiger partial charge in [-0.1, -0.05) is 48.5 Å². The molecule has 0 radical (unpaired) electrons. The van der Waals surface area contributed by atoms with E-state index in [2.05, 4.69) is 15.3 Å². The first-order valence-corrected chi connectivity index (χ1v) is 11.5. The molecular formula is C28H20N4O5. The normalized spacial score (nSPS) is 14.5. The van der Waals surface area contributed by atoms with Crippen LogP contribution in [0.1, 0.15) is 27.5 Å². The van der Waals surface area contributed by atoms with Gasteiger partial charge in [0, 0.05) is 0 Å². The molecule has 182 valence electrons. The molecule has 0 bridgehead atoms. The van der Waals surface area contributed by atoms with E-state index in [1.165, 1.54) is 6.07 Å². The number of hydrogen-bond donors (Lipinski definition) is 4. The first kappa shape index (κ1) is 22.2. The first-order chi connectivity index (χ1) is 18.0. The summed E-state index contributed by atoms with van der Waals surface area (Å²) in [6, 6.07) is 26.3. The molecule has 37 heavy (non-hydrogen) atoms. The fourth-order valence-electron chi connectivity index (χ4n) is 4.68. The van der Waals surface area contributed by atoms with Crippen LogP contribution in [0.5, 0.6) is 17.2 Å². The van der Waals surface area contributed by atoms with E-state index < -0.39 is 12.1 Å². The van der Waals surface area contributed by atoms with Crippen molar-refractivity contribution < 1.29 is 24.5 Å². The molecule has 0 spiro atoms. The number of carbonyl (C=O) groups is 2. The van der Waals surface area contributed by atoms with Crippen LogP contribution in [-0.2, 0) is 0 Å². The third-order valence-electron chi connectivity index (χ3n) is 6.20.